The molecular weight excluding hydrogens is 253 g/mol. The topological polar surface area (TPSA) is 35.2 Å². The summed E-state index contributed by atoms with van der Waals surface area (Å²) < 4.78 is 18.5. The lowest BCUT2D eigenvalue weighted by molar-refractivity contribution is 0.303. The highest BCUT2D eigenvalue weighted by Crippen LogP contribution is 2.23. The van der Waals surface area contributed by atoms with Crippen LogP contribution in [0.3, 0.4) is 0 Å². The first-order valence-corrected chi connectivity index (χ1v) is 5.87. The van der Waals surface area contributed by atoms with E-state index in [2.05, 4.69) is 0 Å². The molecule has 2 rings (SSSR count). The normalized spacial score (nSPS) is 10.4. The number of aryl methyl sites for hydroxylation is 1. The second-order valence-corrected chi connectivity index (χ2v) is 4.46. The first-order chi connectivity index (χ1) is 8.56. The fourth-order valence-corrected chi connectivity index (χ4v) is 1.85. The second-order valence-electron chi connectivity index (χ2n) is 4.05. The van der Waals surface area contributed by atoms with Crippen LogP contribution in [0.1, 0.15) is 11.1 Å². The third-order valence-corrected chi connectivity index (χ3v) is 2.95. The number of hydrogen-bond acceptors (Lipinski definition) is 2. The van der Waals surface area contributed by atoms with Gasteiger partial charge in [-0.05, 0) is 42.8 Å². The van der Waals surface area contributed by atoms with Crippen molar-refractivity contribution in [3.63, 3.8) is 0 Å². The highest BCUT2D eigenvalue weighted by atomic mass is 35.5. The van der Waals surface area contributed by atoms with Crippen LogP contribution in [-0.2, 0) is 6.61 Å². The molecule has 0 unspecified atom stereocenters. The molecule has 0 saturated carbocycles. The quantitative estimate of drug-likeness (QED) is 0.853. The molecule has 0 aromatic heterocycles. The van der Waals surface area contributed by atoms with Gasteiger partial charge in [0, 0.05) is 16.3 Å². The van der Waals surface area contributed by atoms with E-state index < -0.39 is 0 Å². The largest absolute Gasteiger partial charge is 0.489 e. The first kappa shape index (κ1) is 12.7. The number of benzene rings is 2. The van der Waals surface area contributed by atoms with Gasteiger partial charge < -0.3 is 10.5 Å². The maximum absolute atomic E-state index is 12.9. The Bertz CT molecular complexity index is 520. The van der Waals surface area contributed by atoms with Crippen LogP contribution in [0.4, 0.5) is 10.1 Å². The van der Waals surface area contributed by atoms with Crippen LogP contribution >= 0.6 is 11.6 Å². The van der Waals surface area contributed by atoms with Gasteiger partial charge in [0.05, 0.1) is 0 Å². The van der Waals surface area contributed by atoms with Crippen LogP contribution in [0.2, 0.25) is 5.02 Å². The minimum absolute atomic E-state index is 0.273. The number of nitrogens with two attached hydrogens (primary N) is 1. The summed E-state index contributed by atoms with van der Waals surface area (Å²) in [5.74, 6) is 0.370. The summed E-state index contributed by atoms with van der Waals surface area (Å²) in [7, 11) is 0. The maximum atomic E-state index is 12.9. The zero-order valence-electron chi connectivity index (χ0n) is 9.91. The molecule has 2 N–H and O–H groups in total. The van der Waals surface area contributed by atoms with Gasteiger partial charge in [0.2, 0.25) is 0 Å². The molecule has 0 saturated heterocycles. The maximum Gasteiger partial charge on any atom is 0.123 e. The lowest BCUT2D eigenvalue weighted by atomic mass is 10.2. The third kappa shape index (κ3) is 2.93. The molecule has 4 heteroatoms. The van der Waals surface area contributed by atoms with Crippen molar-refractivity contribution < 1.29 is 9.13 Å². The van der Waals surface area contributed by atoms with E-state index in [4.69, 9.17) is 22.1 Å². The summed E-state index contributed by atoms with van der Waals surface area (Å²) in [6.45, 7) is 2.12. The van der Waals surface area contributed by atoms with Crippen molar-refractivity contribution in [3.8, 4) is 5.75 Å². The minimum atomic E-state index is -0.273. The summed E-state index contributed by atoms with van der Waals surface area (Å²) in [4.78, 5) is 0. The van der Waals surface area contributed by atoms with Crippen molar-refractivity contribution in [3.05, 3.63) is 58.4 Å². The Kier molecular flexibility index (Phi) is 3.72. The van der Waals surface area contributed by atoms with Crippen LogP contribution < -0.4 is 10.5 Å². The number of hydrogen-bond donors (Lipinski definition) is 1. The number of nitrogen functional groups attached to an aromatic ring is 1. The molecule has 0 bridgehead atoms. The molecule has 0 heterocycles. The van der Waals surface area contributed by atoms with Gasteiger partial charge in [-0.2, -0.15) is 0 Å². The standard InChI is InChI=1S/C14H13ClFNO/c1-9-6-11(16)3-5-14(9)18-8-10-2-4-12(17)7-13(10)15/h2-7H,8,17H2,1H3. The van der Waals surface area contributed by atoms with Crippen molar-refractivity contribution in [2.75, 3.05) is 5.73 Å². The Morgan fingerprint density at radius 1 is 1.22 bits per heavy atom. The molecule has 0 amide bonds. The first-order valence-electron chi connectivity index (χ1n) is 5.49. The Hall–Kier alpha value is -1.74. The van der Waals surface area contributed by atoms with E-state index in [1.165, 1.54) is 12.1 Å². The van der Waals surface area contributed by atoms with Crippen LogP contribution in [-0.4, -0.2) is 0 Å². The molecule has 0 aliphatic heterocycles. The summed E-state index contributed by atoms with van der Waals surface area (Å²) in [6.07, 6.45) is 0. The zero-order chi connectivity index (χ0) is 13.1. The molecule has 0 radical (unpaired) electrons. The van der Waals surface area contributed by atoms with Crippen molar-refractivity contribution >= 4 is 17.3 Å². The van der Waals surface area contributed by atoms with E-state index in [9.17, 15) is 4.39 Å². The van der Waals surface area contributed by atoms with Crippen molar-refractivity contribution in [1.82, 2.24) is 0 Å². The fraction of sp³-hybridized carbons (Fsp3) is 0.143. The number of halogens is 2. The Morgan fingerprint density at radius 2 is 2.00 bits per heavy atom. The molecule has 0 fully saturated rings. The number of anilines is 1. The highest BCUT2D eigenvalue weighted by Gasteiger charge is 2.04. The monoisotopic (exact) mass is 265 g/mol. The molecule has 94 valence electrons. The Labute approximate surface area is 110 Å². The summed E-state index contributed by atoms with van der Waals surface area (Å²) in [6, 6.07) is 9.67. The lowest BCUT2D eigenvalue weighted by Crippen LogP contribution is -1.98. The van der Waals surface area contributed by atoms with E-state index in [1.54, 1.807) is 25.1 Å². The molecular formula is C14H13ClFNO. The zero-order valence-corrected chi connectivity index (χ0v) is 10.7. The van der Waals surface area contributed by atoms with Crippen LogP contribution in [0.15, 0.2) is 36.4 Å². The van der Waals surface area contributed by atoms with Crippen LogP contribution in [0.5, 0.6) is 5.75 Å². The van der Waals surface area contributed by atoms with Gasteiger partial charge in [0.1, 0.15) is 18.2 Å². The average Bonchev–Trinajstić information content (AvgIpc) is 2.30. The van der Waals surface area contributed by atoms with Crippen molar-refractivity contribution in [2.45, 2.75) is 13.5 Å². The Morgan fingerprint density at radius 3 is 2.67 bits per heavy atom. The second kappa shape index (κ2) is 5.27. The number of rotatable bonds is 3. The van der Waals surface area contributed by atoms with Crippen LogP contribution in [0, 0.1) is 12.7 Å². The smallest absolute Gasteiger partial charge is 0.123 e. The van der Waals surface area contributed by atoms with E-state index >= 15 is 0 Å². The highest BCUT2D eigenvalue weighted by molar-refractivity contribution is 6.31. The van der Waals surface area contributed by atoms with E-state index in [0.29, 0.717) is 23.1 Å². The average molecular weight is 266 g/mol. The van der Waals surface area contributed by atoms with Gasteiger partial charge in [0.25, 0.3) is 0 Å². The molecule has 0 aliphatic carbocycles. The predicted molar refractivity (Wildman–Crippen MR) is 71.3 cm³/mol. The lowest BCUT2D eigenvalue weighted by Gasteiger charge is -2.10. The molecule has 2 aromatic carbocycles. The van der Waals surface area contributed by atoms with Crippen molar-refractivity contribution in [1.29, 1.82) is 0 Å². The van der Waals surface area contributed by atoms with E-state index in [0.717, 1.165) is 11.1 Å². The van der Waals surface area contributed by atoms with Gasteiger partial charge >= 0.3 is 0 Å². The predicted octanol–water partition coefficient (Wildman–Crippen LogP) is 3.95. The van der Waals surface area contributed by atoms with Gasteiger partial charge in [-0.1, -0.05) is 17.7 Å². The minimum Gasteiger partial charge on any atom is -0.489 e. The Balaban J connectivity index is 2.11. The van der Waals surface area contributed by atoms with E-state index in [1.807, 2.05) is 6.07 Å². The van der Waals surface area contributed by atoms with Gasteiger partial charge in [-0.15, -0.1) is 0 Å². The van der Waals surface area contributed by atoms with E-state index in [-0.39, 0.29) is 5.82 Å². The van der Waals surface area contributed by atoms with Gasteiger partial charge in [-0.3, -0.25) is 0 Å². The van der Waals surface area contributed by atoms with Crippen molar-refractivity contribution in [2.24, 2.45) is 0 Å². The summed E-state index contributed by atoms with van der Waals surface area (Å²) >= 11 is 6.04. The molecule has 2 aromatic rings. The van der Waals surface area contributed by atoms with Crippen LogP contribution in [0.25, 0.3) is 0 Å². The molecule has 18 heavy (non-hydrogen) atoms. The summed E-state index contributed by atoms with van der Waals surface area (Å²) in [5.41, 5.74) is 7.81. The number of ether oxygens (including phenoxy) is 1. The molecule has 0 aliphatic rings. The SMILES string of the molecule is Cc1cc(F)ccc1OCc1ccc(N)cc1Cl. The van der Waals surface area contributed by atoms with Gasteiger partial charge in [-0.25, -0.2) is 4.39 Å². The summed E-state index contributed by atoms with van der Waals surface area (Å²) in [5, 5.41) is 0.565. The molecule has 0 atom stereocenters. The molecule has 0 spiro atoms. The van der Waals surface area contributed by atoms with Gasteiger partial charge in [0.15, 0.2) is 0 Å². The molecule has 2 nitrogen and oxygen atoms in total. The third-order valence-electron chi connectivity index (χ3n) is 2.60. The fourth-order valence-electron chi connectivity index (χ4n) is 1.61.